The van der Waals surface area contributed by atoms with Crippen molar-refractivity contribution >= 4 is 34.8 Å². The number of nitrogens with one attached hydrogen (secondary N) is 1. The summed E-state index contributed by atoms with van der Waals surface area (Å²) < 4.78 is 1.99. The molecule has 1 aliphatic heterocycles. The van der Waals surface area contributed by atoms with Crippen molar-refractivity contribution in [1.29, 1.82) is 0 Å². The van der Waals surface area contributed by atoms with Crippen LogP contribution in [0.5, 0.6) is 0 Å². The fourth-order valence-electron chi connectivity index (χ4n) is 3.13. The summed E-state index contributed by atoms with van der Waals surface area (Å²) in [5.74, 6) is -0.328. The first-order valence-corrected chi connectivity index (χ1v) is 9.39. The molecule has 3 aromatic rings. The van der Waals surface area contributed by atoms with E-state index in [0.29, 0.717) is 29.4 Å². The smallest absolute Gasteiger partial charge is 0.324 e. The summed E-state index contributed by atoms with van der Waals surface area (Å²) in [6.45, 7) is 0.407. The van der Waals surface area contributed by atoms with Crippen LogP contribution in [0.25, 0.3) is 5.69 Å². The Kier molecular flexibility index (Phi) is 5.13. The fraction of sp³-hybridized carbons (Fsp3) is 0.211. The van der Waals surface area contributed by atoms with E-state index in [9.17, 15) is 14.4 Å². The maximum Gasteiger partial charge on any atom is 0.369 e. The van der Waals surface area contributed by atoms with Gasteiger partial charge in [-0.2, -0.15) is 9.36 Å². The molecule has 1 saturated heterocycles. The standard InChI is InChI=1S/C19H17ClN6O3/c20-15-4-1-2-5-16(15)26-19(29)25(22-23-26)12-17(27)21-13-7-9-14(10-8-13)24-11-3-6-18(24)28/h1-2,4-5,7-10H,3,6,11-12H2,(H,21,27). The summed E-state index contributed by atoms with van der Waals surface area (Å²) in [6, 6.07) is 13.7. The minimum absolute atomic E-state index is 0.0998. The van der Waals surface area contributed by atoms with Crippen LogP contribution in [-0.2, 0) is 16.1 Å². The molecular weight excluding hydrogens is 396 g/mol. The number of hydrogen-bond donors (Lipinski definition) is 1. The summed E-state index contributed by atoms with van der Waals surface area (Å²) in [5, 5.41) is 10.6. The largest absolute Gasteiger partial charge is 0.369 e. The Morgan fingerprint density at radius 1 is 1.07 bits per heavy atom. The van der Waals surface area contributed by atoms with Crippen LogP contribution in [0.4, 0.5) is 11.4 Å². The van der Waals surface area contributed by atoms with Gasteiger partial charge in [0.25, 0.3) is 0 Å². The number of aromatic nitrogens is 4. The van der Waals surface area contributed by atoms with Crippen molar-refractivity contribution in [2.45, 2.75) is 19.4 Å². The molecule has 2 amide bonds. The molecule has 29 heavy (non-hydrogen) atoms. The van der Waals surface area contributed by atoms with E-state index in [2.05, 4.69) is 15.7 Å². The lowest BCUT2D eigenvalue weighted by Gasteiger charge is -2.16. The van der Waals surface area contributed by atoms with Gasteiger partial charge in [0.1, 0.15) is 6.54 Å². The lowest BCUT2D eigenvalue weighted by molar-refractivity contribution is -0.117. The summed E-state index contributed by atoms with van der Waals surface area (Å²) in [4.78, 5) is 38.3. The molecule has 148 valence electrons. The molecule has 1 aliphatic rings. The SMILES string of the molecule is O=C(Cn1nnn(-c2ccccc2Cl)c1=O)Nc1ccc(N2CCCC2=O)cc1. The number of carbonyl (C=O) groups excluding carboxylic acids is 2. The lowest BCUT2D eigenvalue weighted by Crippen LogP contribution is -2.29. The third-order valence-electron chi connectivity index (χ3n) is 4.55. The van der Waals surface area contributed by atoms with Gasteiger partial charge >= 0.3 is 5.69 Å². The molecule has 9 nitrogen and oxygen atoms in total. The molecular formula is C19H17ClN6O3. The number of tetrazole rings is 1. The van der Waals surface area contributed by atoms with Gasteiger partial charge in [-0.15, -0.1) is 0 Å². The normalized spacial score (nSPS) is 13.7. The molecule has 0 atom stereocenters. The van der Waals surface area contributed by atoms with E-state index in [-0.39, 0.29) is 12.5 Å². The molecule has 0 aliphatic carbocycles. The molecule has 0 radical (unpaired) electrons. The van der Waals surface area contributed by atoms with E-state index < -0.39 is 11.6 Å². The summed E-state index contributed by atoms with van der Waals surface area (Å²) in [7, 11) is 0. The first-order valence-electron chi connectivity index (χ1n) is 9.01. The van der Waals surface area contributed by atoms with E-state index in [1.807, 2.05) is 0 Å². The molecule has 10 heteroatoms. The van der Waals surface area contributed by atoms with Crippen molar-refractivity contribution in [2.24, 2.45) is 0 Å². The van der Waals surface area contributed by atoms with Gasteiger partial charge in [0, 0.05) is 24.3 Å². The van der Waals surface area contributed by atoms with Crippen LogP contribution >= 0.6 is 11.6 Å². The van der Waals surface area contributed by atoms with Gasteiger partial charge in [0.2, 0.25) is 11.8 Å². The Morgan fingerprint density at radius 2 is 1.83 bits per heavy atom. The van der Waals surface area contributed by atoms with E-state index in [1.165, 1.54) is 0 Å². The number of anilines is 2. The Bertz CT molecular complexity index is 1120. The second kappa shape index (κ2) is 7.88. The number of nitrogens with zero attached hydrogens (tertiary/aromatic N) is 5. The molecule has 0 saturated carbocycles. The highest BCUT2D eigenvalue weighted by molar-refractivity contribution is 6.32. The third-order valence-corrected chi connectivity index (χ3v) is 4.87. The predicted molar refractivity (Wildman–Crippen MR) is 107 cm³/mol. The van der Waals surface area contributed by atoms with Gasteiger partial charge in [0.15, 0.2) is 0 Å². The first kappa shape index (κ1) is 18.9. The average molecular weight is 413 g/mol. The minimum Gasteiger partial charge on any atom is -0.324 e. The number of amides is 2. The van der Waals surface area contributed by atoms with Crippen molar-refractivity contribution in [2.75, 3.05) is 16.8 Å². The van der Waals surface area contributed by atoms with Crippen LogP contribution in [-0.4, -0.2) is 38.1 Å². The molecule has 0 spiro atoms. The minimum atomic E-state index is -0.573. The zero-order chi connectivity index (χ0) is 20.4. The second-order valence-electron chi connectivity index (χ2n) is 6.53. The van der Waals surface area contributed by atoms with Crippen LogP contribution in [0.3, 0.4) is 0 Å². The Balaban J connectivity index is 1.43. The number of rotatable bonds is 5. The molecule has 1 aromatic heterocycles. The van der Waals surface area contributed by atoms with Crippen LogP contribution in [0.1, 0.15) is 12.8 Å². The molecule has 0 bridgehead atoms. The lowest BCUT2D eigenvalue weighted by atomic mass is 10.2. The van der Waals surface area contributed by atoms with E-state index in [4.69, 9.17) is 11.6 Å². The number of carbonyl (C=O) groups is 2. The molecule has 1 N–H and O–H groups in total. The molecule has 1 fully saturated rings. The first-order chi connectivity index (χ1) is 14.0. The second-order valence-corrected chi connectivity index (χ2v) is 6.93. The van der Waals surface area contributed by atoms with Crippen molar-refractivity contribution in [1.82, 2.24) is 19.8 Å². The molecule has 4 rings (SSSR count). The van der Waals surface area contributed by atoms with Crippen LogP contribution < -0.4 is 15.9 Å². The molecule has 0 unspecified atom stereocenters. The van der Waals surface area contributed by atoms with Gasteiger partial charge in [-0.1, -0.05) is 23.7 Å². The average Bonchev–Trinajstić information content (AvgIpc) is 3.29. The topological polar surface area (TPSA) is 102 Å². The number of benzene rings is 2. The zero-order valence-electron chi connectivity index (χ0n) is 15.3. The van der Waals surface area contributed by atoms with Crippen LogP contribution in [0, 0.1) is 0 Å². The zero-order valence-corrected chi connectivity index (χ0v) is 16.0. The van der Waals surface area contributed by atoms with Gasteiger partial charge in [-0.25, -0.2) is 4.79 Å². The number of para-hydroxylation sites is 1. The highest BCUT2D eigenvalue weighted by atomic mass is 35.5. The van der Waals surface area contributed by atoms with E-state index in [0.717, 1.165) is 21.5 Å². The monoisotopic (exact) mass is 412 g/mol. The Morgan fingerprint density at radius 3 is 2.52 bits per heavy atom. The van der Waals surface area contributed by atoms with Gasteiger partial charge in [-0.05, 0) is 53.2 Å². The number of hydrogen-bond acceptors (Lipinski definition) is 5. The highest BCUT2D eigenvalue weighted by Crippen LogP contribution is 2.23. The van der Waals surface area contributed by atoms with Crippen molar-refractivity contribution in [3.05, 3.63) is 64.0 Å². The van der Waals surface area contributed by atoms with E-state index in [1.54, 1.807) is 53.4 Å². The van der Waals surface area contributed by atoms with Crippen molar-refractivity contribution in [3.63, 3.8) is 0 Å². The Labute approximate surface area is 170 Å². The molecule has 2 aromatic carbocycles. The highest BCUT2D eigenvalue weighted by Gasteiger charge is 2.21. The van der Waals surface area contributed by atoms with Gasteiger partial charge in [-0.3, -0.25) is 9.59 Å². The Hall–Kier alpha value is -3.46. The summed E-state index contributed by atoms with van der Waals surface area (Å²) >= 11 is 6.08. The van der Waals surface area contributed by atoms with Crippen molar-refractivity contribution in [3.8, 4) is 5.69 Å². The van der Waals surface area contributed by atoms with E-state index >= 15 is 0 Å². The predicted octanol–water partition coefficient (Wildman–Crippen LogP) is 1.85. The quantitative estimate of drug-likeness (QED) is 0.689. The van der Waals surface area contributed by atoms with Crippen LogP contribution in [0.2, 0.25) is 5.02 Å². The van der Waals surface area contributed by atoms with Gasteiger partial charge in [0.05, 0.1) is 10.7 Å². The summed E-state index contributed by atoms with van der Waals surface area (Å²) in [5.41, 5.74) is 1.16. The van der Waals surface area contributed by atoms with Crippen molar-refractivity contribution < 1.29 is 9.59 Å². The third kappa shape index (κ3) is 3.90. The fourth-order valence-corrected chi connectivity index (χ4v) is 3.35. The number of halogens is 1. The maximum atomic E-state index is 12.5. The summed E-state index contributed by atoms with van der Waals surface area (Å²) in [6.07, 6.45) is 1.41. The van der Waals surface area contributed by atoms with Crippen LogP contribution in [0.15, 0.2) is 53.3 Å². The maximum absolute atomic E-state index is 12.5. The van der Waals surface area contributed by atoms with Gasteiger partial charge < -0.3 is 10.2 Å². The molecule has 2 heterocycles.